The van der Waals surface area contributed by atoms with Crippen LogP contribution in [0.4, 0.5) is 5.69 Å². The zero-order chi connectivity index (χ0) is 15.0. The Morgan fingerprint density at radius 1 is 1.35 bits per heavy atom. The number of anilines is 1. The first-order chi connectivity index (χ1) is 9.58. The lowest BCUT2D eigenvalue weighted by molar-refractivity contribution is -0.117. The van der Waals surface area contributed by atoms with Crippen molar-refractivity contribution in [3.63, 3.8) is 0 Å². The minimum Gasteiger partial charge on any atom is -0.396 e. The zero-order valence-electron chi connectivity index (χ0n) is 12.7. The second kappa shape index (κ2) is 8.71. The number of H-pyrrole nitrogens is 1. The first kappa shape index (κ1) is 16.7. The molecule has 20 heavy (non-hydrogen) atoms. The molecule has 0 atom stereocenters. The van der Waals surface area contributed by atoms with Crippen LogP contribution in [0, 0.1) is 13.8 Å². The molecular formula is C14H26N4O2. The van der Waals surface area contributed by atoms with E-state index in [0.717, 1.165) is 43.0 Å². The van der Waals surface area contributed by atoms with Crippen LogP contribution in [0.15, 0.2) is 0 Å². The smallest absolute Gasteiger partial charge is 0.238 e. The van der Waals surface area contributed by atoms with Crippen molar-refractivity contribution >= 4 is 11.6 Å². The van der Waals surface area contributed by atoms with Gasteiger partial charge in [-0.05, 0) is 33.2 Å². The quantitative estimate of drug-likeness (QED) is 0.640. The first-order valence-electron chi connectivity index (χ1n) is 7.23. The number of carbonyl (C=O) groups is 1. The highest BCUT2D eigenvalue weighted by Crippen LogP contribution is 2.15. The number of aromatic amines is 1. The number of carbonyl (C=O) groups excluding carboxylic acids is 1. The molecule has 0 aliphatic rings. The Morgan fingerprint density at radius 3 is 2.60 bits per heavy atom. The summed E-state index contributed by atoms with van der Waals surface area (Å²) in [7, 11) is 0. The van der Waals surface area contributed by atoms with E-state index >= 15 is 0 Å². The third-order valence-corrected chi connectivity index (χ3v) is 3.22. The lowest BCUT2D eigenvalue weighted by Crippen LogP contribution is -2.35. The van der Waals surface area contributed by atoms with Gasteiger partial charge >= 0.3 is 0 Å². The maximum absolute atomic E-state index is 12.1. The van der Waals surface area contributed by atoms with Crippen LogP contribution < -0.4 is 5.32 Å². The van der Waals surface area contributed by atoms with Crippen molar-refractivity contribution in [2.24, 2.45) is 0 Å². The summed E-state index contributed by atoms with van der Waals surface area (Å²) < 4.78 is 0. The Bertz CT molecular complexity index is 390. The number of aliphatic hydroxyl groups excluding tert-OH is 1. The summed E-state index contributed by atoms with van der Waals surface area (Å²) in [5.41, 5.74) is 2.44. The summed E-state index contributed by atoms with van der Waals surface area (Å²) in [6.45, 7) is 8.01. The number of hydrogen-bond acceptors (Lipinski definition) is 4. The van der Waals surface area contributed by atoms with Crippen LogP contribution in [0.3, 0.4) is 0 Å². The molecule has 0 unspecified atom stereocenters. The molecule has 6 nitrogen and oxygen atoms in total. The van der Waals surface area contributed by atoms with Crippen molar-refractivity contribution < 1.29 is 9.90 Å². The molecule has 0 saturated heterocycles. The van der Waals surface area contributed by atoms with Gasteiger partial charge in [0.05, 0.1) is 23.6 Å². The van der Waals surface area contributed by atoms with Crippen LogP contribution in [0.1, 0.15) is 37.6 Å². The Kier molecular flexibility index (Phi) is 7.25. The third-order valence-electron chi connectivity index (χ3n) is 3.22. The summed E-state index contributed by atoms with van der Waals surface area (Å²) in [5, 5.41) is 18.7. The maximum atomic E-state index is 12.1. The number of aliphatic hydroxyl groups is 1. The third kappa shape index (κ3) is 5.30. The van der Waals surface area contributed by atoms with Crippen molar-refractivity contribution in [2.45, 2.75) is 40.0 Å². The second-order valence-electron chi connectivity index (χ2n) is 5.06. The lowest BCUT2D eigenvalue weighted by Gasteiger charge is -2.21. The summed E-state index contributed by atoms with van der Waals surface area (Å²) in [6, 6.07) is 0. The Balaban J connectivity index is 2.52. The molecule has 0 aliphatic carbocycles. The Morgan fingerprint density at radius 2 is 2.05 bits per heavy atom. The predicted octanol–water partition coefficient (Wildman–Crippen LogP) is 1.45. The van der Waals surface area contributed by atoms with Gasteiger partial charge in [-0.25, -0.2) is 0 Å². The summed E-state index contributed by atoms with van der Waals surface area (Å²) in [5.74, 6) is -0.0355. The molecule has 1 heterocycles. The topological polar surface area (TPSA) is 81.2 Å². The molecule has 0 saturated carbocycles. The predicted molar refractivity (Wildman–Crippen MR) is 79.7 cm³/mol. The van der Waals surface area contributed by atoms with Crippen LogP contribution in [0.2, 0.25) is 0 Å². The van der Waals surface area contributed by atoms with Gasteiger partial charge in [-0.15, -0.1) is 0 Å². The fraction of sp³-hybridized carbons (Fsp3) is 0.714. The van der Waals surface area contributed by atoms with Crippen LogP contribution in [-0.2, 0) is 4.79 Å². The van der Waals surface area contributed by atoms with Crippen LogP contribution >= 0.6 is 0 Å². The molecule has 3 N–H and O–H groups in total. The summed E-state index contributed by atoms with van der Waals surface area (Å²) in [4.78, 5) is 14.2. The molecule has 1 aromatic heterocycles. The van der Waals surface area contributed by atoms with Gasteiger partial charge in [0.15, 0.2) is 0 Å². The molecule has 0 fully saturated rings. The van der Waals surface area contributed by atoms with Gasteiger partial charge in [0.25, 0.3) is 0 Å². The van der Waals surface area contributed by atoms with E-state index < -0.39 is 0 Å². The number of aryl methyl sites for hydroxylation is 2. The second-order valence-corrected chi connectivity index (χ2v) is 5.06. The van der Waals surface area contributed by atoms with Gasteiger partial charge < -0.3 is 10.4 Å². The highest BCUT2D eigenvalue weighted by atomic mass is 16.3. The van der Waals surface area contributed by atoms with E-state index in [9.17, 15) is 4.79 Å². The molecule has 0 spiro atoms. The Labute approximate surface area is 120 Å². The maximum Gasteiger partial charge on any atom is 0.238 e. The molecule has 0 aliphatic heterocycles. The van der Waals surface area contributed by atoms with Crippen LogP contribution in [0.25, 0.3) is 0 Å². The average Bonchev–Trinajstić information content (AvgIpc) is 2.73. The van der Waals surface area contributed by atoms with Crippen molar-refractivity contribution in [1.82, 2.24) is 15.1 Å². The molecule has 0 bridgehead atoms. The normalized spacial score (nSPS) is 11.1. The molecule has 0 radical (unpaired) electrons. The van der Waals surface area contributed by atoms with Gasteiger partial charge in [-0.2, -0.15) is 5.10 Å². The van der Waals surface area contributed by atoms with Crippen molar-refractivity contribution in [2.75, 3.05) is 31.6 Å². The Hall–Kier alpha value is -1.40. The van der Waals surface area contributed by atoms with Gasteiger partial charge in [-0.1, -0.05) is 13.3 Å². The van der Waals surface area contributed by atoms with Crippen LogP contribution in [-0.4, -0.2) is 52.4 Å². The van der Waals surface area contributed by atoms with E-state index in [4.69, 9.17) is 5.11 Å². The van der Waals surface area contributed by atoms with E-state index in [1.54, 1.807) is 0 Å². The number of nitrogens with one attached hydrogen (secondary N) is 2. The van der Waals surface area contributed by atoms with E-state index in [1.807, 2.05) is 13.8 Å². The molecular weight excluding hydrogens is 256 g/mol. The van der Waals surface area contributed by atoms with Crippen LogP contribution in [0.5, 0.6) is 0 Å². The van der Waals surface area contributed by atoms with E-state index in [0.29, 0.717) is 13.0 Å². The summed E-state index contributed by atoms with van der Waals surface area (Å²) in [6.07, 6.45) is 2.85. The standard InChI is InChI=1S/C14H26N4O2/c1-4-5-7-18(8-6-9-19)10-13(20)15-14-11(2)16-17-12(14)3/h19H,4-10H2,1-3H3,(H,15,20)(H,16,17). The average molecular weight is 282 g/mol. The number of hydrogen-bond donors (Lipinski definition) is 3. The SMILES string of the molecule is CCCCN(CCCO)CC(=O)Nc1c(C)n[nH]c1C. The highest BCUT2D eigenvalue weighted by Gasteiger charge is 2.13. The molecule has 1 rings (SSSR count). The van der Waals surface area contributed by atoms with E-state index in [1.165, 1.54) is 0 Å². The molecule has 1 amide bonds. The van der Waals surface area contributed by atoms with Gasteiger partial charge in [0, 0.05) is 13.2 Å². The number of amides is 1. The first-order valence-corrected chi connectivity index (χ1v) is 7.23. The van der Waals surface area contributed by atoms with Crippen molar-refractivity contribution in [1.29, 1.82) is 0 Å². The number of aromatic nitrogens is 2. The number of rotatable bonds is 9. The molecule has 114 valence electrons. The van der Waals surface area contributed by atoms with E-state index in [-0.39, 0.29) is 12.5 Å². The lowest BCUT2D eigenvalue weighted by atomic mass is 10.2. The minimum absolute atomic E-state index is 0.0355. The molecule has 1 aromatic rings. The molecule has 0 aromatic carbocycles. The zero-order valence-corrected chi connectivity index (χ0v) is 12.7. The monoisotopic (exact) mass is 282 g/mol. The van der Waals surface area contributed by atoms with Crippen molar-refractivity contribution in [3.05, 3.63) is 11.4 Å². The van der Waals surface area contributed by atoms with Crippen molar-refractivity contribution in [3.8, 4) is 0 Å². The van der Waals surface area contributed by atoms with E-state index in [2.05, 4.69) is 27.3 Å². The highest BCUT2D eigenvalue weighted by molar-refractivity contribution is 5.93. The number of unbranched alkanes of at least 4 members (excludes halogenated alkanes) is 1. The number of nitrogens with zero attached hydrogens (tertiary/aromatic N) is 2. The fourth-order valence-electron chi connectivity index (χ4n) is 2.06. The fourth-order valence-corrected chi connectivity index (χ4v) is 2.06. The minimum atomic E-state index is -0.0355. The largest absolute Gasteiger partial charge is 0.396 e. The summed E-state index contributed by atoms with van der Waals surface area (Å²) >= 11 is 0. The van der Waals surface area contributed by atoms with Gasteiger partial charge in [0.1, 0.15) is 0 Å². The van der Waals surface area contributed by atoms with Gasteiger partial charge in [-0.3, -0.25) is 14.8 Å². The molecule has 6 heteroatoms. The van der Waals surface area contributed by atoms with Gasteiger partial charge in [0.2, 0.25) is 5.91 Å².